The average molecular weight is 371 g/mol. The number of likely N-dealkylation sites (N-methyl/N-ethyl adjacent to an activating group) is 1. The van der Waals surface area contributed by atoms with Gasteiger partial charge in [0.05, 0.1) is 11.1 Å². The summed E-state index contributed by atoms with van der Waals surface area (Å²) in [6.45, 7) is 3.58. The van der Waals surface area contributed by atoms with E-state index in [9.17, 15) is 14.4 Å². The van der Waals surface area contributed by atoms with Gasteiger partial charge in [-0.15, -0.1) is 11.6 Å². The Morgan fingerprint density at radius 3 is 2.15 bits per heavy atom. The lowest BCUT2D eigenvalue weighted by molar-refractivity contribution is -0.118. The Bertz CT molecular complexity index is 888. The van der Waals surface area contributed by atoms with Crippen molar-refractivity contribution in [2.75, 3.05) is 18.5 Å². The number of fused-ring (bicyclic) bond motifs is 1. The summed E-state index contributed by atoms with van der Waals surface area (Å²) in [5.74, 6) is -0.859. The molecule has 0 bridgehead atoms. The van der Waals surface area contributed by atoms with Gasteiger partial charge in [-0.05, 0) is 48.7 Å². The van der Waals surface area contributed by atoms with Crippen molar-refractivity contribution in [3.63, 3.8) is 0 Å². The fraction of sp³-hybridized carbons (Fsp3) is 0.250. The molecule has 0 aromatic heterocycles. The Balaban J connectivity index is 1.84. The minimum atomic E-state index is -0.436. The zero-order valence-electron chi connectivity index (χ0n) is 14.9. The van der Waals surface area contributed by atoms with Gasteiger partial charge in [0, 0.05) is 18.6 Å². The molecule has 1 aliphatic heterocycles. The highest BCUT2D eigenvalue weighted by atomic mass is 35.5. The molecular formula is C20H19ClN2O3. The highest BCUT2D eigenvalue weighted by Gasteiger charge is 2.36. The number of anilines is 1. The fourth-order valence-electron chi connectivity index (χ4n) is 3.21. The van der Waals surface area contributed by atoms with Gasteiger partial charge < -0.3 is 4.90 Å². The van der Waals surface area contributed by atoms with Crippen LogP contribution in [0.25, 0.3) is 0 Å². The molecule has 0 saturated carbocycles. The number of amides is 3. The van der Waals surface area contributed by atoms with Crippen molar-refractivity contribution in [2.45, 2.75) is 19.7 Å². The maximum atomic E-state index is 12.7. The van der Waals surface area contributed by atoms with Crippen molar-refractivity contribution in [3.05, 3.63) is 64.2 Å². The molecule has 26 heavy (non-hydrogen) atoms. The molecule has 3 rings (SSSR count). The lowest BCUT2D eigenvalue weighted by Crippen LogP contribution is -2.41. The van der Waals surface area contributed by atoms with Crippen LogP contribution >= 0.6 is 11.6 Å². The quantitative estimate of drug-likeness (QED) is 0.613. The summed E-state index contributed by atoms with van der Waals surface area (Å²) in [5.41, 5.74) is 4.34. The van der Waals surface area contributed by atoms with Crippen LogP contribution in [0, 0.1) is 13.8 Å². The number of carbonyl (C=O) groups is 3. The summed E-state index contributed by atoms with van der Waals surface area (Å²) < 4.78 is 0. The van der Waals surface area contributed by atoms with Crippen LogP contribution < -0.4 is 4.90 Å². The molecule has 0 atom stereocenters. The van der Waals surface area contributed by atoms with Gasteiger partial charge in [0.2, 0.25) is 5.91 Å². The molecule has 0 fully saturated rings. The third-order valence-electron chi connectivity index (χ3n) is 4.84. The normalized spacial score (nSPS) is 13.2. The van der Waals surface area contributed by atoms with Crippen molar-refractivity contribution in [1.29, 1.82) is 0 Å². The average Bonchev–Trinajstić information content (AvgIpc) is 2.87. The summed E-state index contributed by atoms with van der Waals surface area (Å²) in [5, 5.41) is 0. The number of hydrogen-bond acceptors (Lipinski definition) is 3. The second-order valence-corrected chi connectivity index (χ2v) is 6.60. The zero-order valence-corrected chi connectivity index (χ0v) is 15.6. The molecule has 0 N–H and O–H groups in total. The lowest BCUT2D eigenvalue weighted by atomic mass is 10.0. The summed E-state index contributed by atoms with van der Waals surface area (Å²) >= 11 is 6.02. The monoisotopic (exact) mass is 370 g/mol. The van der Waals surface area contributed by atoms with Crippen LogP contribution in [0.1, 0.15) is 37.4 Å². The largest absolute Gasteiger partial charge is 0.314 e. The third kappa shape index (κ3) is 2.88. The molecule has 134 valence electrons. The number of aryl methyl sites for hydroxylation is 1. The lowest BCUT2D eigenvalue weighted by Gasteiger charge is -2.24. The summed E-state index contributed by atoms with van der Waals surface area (Å²) in [4.78, 5) is 40.0. The van der Waals surface area contributed by atoms with Crippen molar-refractivity contribution in [2.24, 2.45) is 0 Å². The molecule has 5 nitrogen and oxygen atoms in total. The molecule has 3 amide bonds. The van der Waals surface area contributed by atoms with E-state index in [0.717, 1.165) is 21.6 Å². The number of halogens is 1. The van der Waals surface area contributed by atoms with Crippen LogP contribution in [0.15, 0.2) is 36.4 Å². The minimum absolute atomic E-state index is 0.299. The first kappa shape index (κ1) is 18.1. The number of rotatable bonds is 4. The second kappa shape index (κ2) is 6.92. The summed E-state index contributed by atoms with van der Waals surface area (Å²) in [6.07, 6.45) is 0. The fourth-order valence-corrected chi connectivity index (χ4v) is 3.62. The van der Waals surface area contributed by atoms with E-state index < -0.39 is 11.8 Å². The predicted molar refractivity (Wildman–Crippen MR) is 101 cm³/mol. The van der Waals surface area contributed by atoms with E-state index in [1.807, 2.05) is 26.0 Å². The molecule has 1 aliphatic rings. The van der Waals surface area contributed by atoms with Gasteiger partial charge in [0.1, 0.15) is 6.54 Å². The Hall–Kier alpha value is -2.66. The van der Waals surface area contributed by atoms with Crippen molar-refractivity contribution >= 4 is 35.0 Å². The van der Waals surface area contributed by atoms with Crippen LogP contribution in [-0.4, -0.2) is 36.2 Å². The van der Waals surface area contributed by atoms with E-state index >= 15 is 0 Å². The van der Waals surface area contributed by atoms with E-state index in [-0.39, 0.29) is 12.5 Å². The van der Waals surface area contributed by atoms with Gasteiger partial charge in [-0.3, -0.25) is 19.3 Å². The Morgan fingerprint density at radius 1 is 1.04 bits per heavy atom. The molecule has 0 spiro atoms. The van der Waals surface area contributed by atoms with Gasteiger partial charge >= 0.3 is 0 Å². The molecule has 2 aromatic rings. The van der Waals surface area contributed by atoms with Gasteiger partial charge in [-0.1, -0.05) is 18.2 Å². The molecule has 0 radical (unpaired) electrons. The molecule has 0 saturated heterocycles. The number of benzene rings is 2. The molecule has 0 unspecified atom stereocenters. The van der Waals surface area contributed by atoms with E-state index in [0.29, 0.717) is 22.7 Å². The number of imide groups is 1. The molecular weight excluding hydrogens is 352 g/mol. The Labute approximate surface area is 157 Å². The molecule has 0 aliphatic carbocycles. The van der Waals surface area contributed by atoms with Gasteiger partial charge in [-0.25, -0.2) is 0 Å². The first-order chi connectivity index (χ1) is 12.4. The minimum Gasteiger partial charge on any atom is -0.314 e. The first-order valence-corrected chi connectivity index (χ1v) is 8.77. The second-order valence-electron chi connectivity index (χ2n) is 6.33. The highest BCUT2D eigenvalue weighted by Crippen LogP contribution is 2.27. The van der Waals surface area contributed by atoms with E-state index in [2.05, 4.69) is 0 Å². The highest BCUT2D eigenvalue weighted by molar-refractivity contribution is 6.22. The maximum Gasteiger partial charge on any atom is 0.262 e. The number of hydrogen-bond donors (Lipinski definition) is 0. The van der Waals surface area contributed by atoms with Crippen molar-refractivity contribution in [3.8, 4) is 0 Å². The number of nitrogens with zero attached hydrogens (tertiary/aromatic N) is 2. The van der Waals surface area contributed by atoms with E-state index in [1.54, 1.807) is 31.3 Å². The zero-order chi connectivity index (χ0) is 19.0. The van der Waals surface area contributed by atoms with Gasteiger partial charge in [0.15, 0.2) is 0 Å². The van der Waals surface area contributed by atoms with Gasteiger partial charge in [-0.2, -0.15) is 0 Å². The van der Waals surface area contributed by atoms with Crippen molar-refractivity contribution in [1.82, 2.24) is 4.90 Å². The van der Waals surface area contributed by atoms with Crippen LogP contribution in [0.5, 0.6) is 0 Å². The van der Waals surface area contributed by atoms with Gasteiger partial charge in [0.25, 0.3) is 11.8 Å². The predicted octanol–water partition coefficient (Wildman–Crippen LogP) is 3.30. The Kier molecular flexibility index (Phi) is 4.83. The van der Waals surface area contributed by atoms with E-state index in [4.69, 9.17) is 11.6 Å². The number of alkyl halides is 1. The summed E-state index contributed by atoms with van der Waals surface area (Å²) in [6, 6.07) is 10.4. The SMILES string of the molecule is Cc1ccc(N(C)C(=O)CN2C(=O)c3ccccc3C2=O)c(C)c1CCl. The van der Waals surface area contributed by atoms with Crippen LogP contribution in [0.3, 0.4) is 0 Å². The van der Waals surface area contributed by atoms with Crippen LogP contribution in [0.2, 0.25) is 0 Å². The Morgan fingerprint density at radius 2 is 1.62 bits per heavy atom. The standard InChI is InChI=1S/C20H19ClN2O3/c1-12-8-9-17(13(2)16(12)10-21)22(3)18(24)11-23-19(25)14-6-4-5-7-15(14)20(23)26/h4-9H,10-11H2,1-3H3. The molecule has 6 heteroatoms. The third-order valence-corrected chi connectivity index (χ3v) is 5.11. The molecule has 1 heterocycles. The van der Waals surface area contributed by atoms with E-state index in [1.165, 1.54) is 4.90 Å². The molecule has 2 aromatic carbocycles. The van der Waals surface area contributed by atoms with Crippen molar-refractivity contribution < 1.29 is 14.4 Å². The smallest absolute Gasteiger partial charge is 0.262 e. The number of carbonyl (C=O) groups excluding carboxylic acids is 3. The topological polar surface area (TPSA) is 57.7 Å². The summed E-state index contributed by atoms with van der Waals surface area (Å²) in [7, 11) is 1.64. The first-order valence-electron chi connectivity index (χ1n) is 8.23. The van der Waals surface area contributed by atoms with Crippen LogP contribution in [0.4, 0.5) is 5.69 Å². The van der Waals surface area contributed by atoms with Crippen LogP contribution in [-0.2, 0) is 10.7 Å². The maximum absolute atomic E-state index is 12.7.